The van der Waals surface area contributed by atoms with Crippen LogP contribution in [-0.4, -0.2) is 23.5 Å². The summed E-state index contributed by atoms with van der Waals surface area (Å²) < 4.78 is 0. The molecule has 1 aliphatic rings. The second-order valence-corrected chi connectivity index (χ2v) is 5.02. The first-order chi connectivity index (χ1) is 6.78. The van der Waals surface area contributed by atoms with Crippen LogP contribution < -0.4 is 5.73 Å². The fourth-order valence-corrected chi connectivity index (χ4v) is 2.26. The average Bonchev–Trinajstić information content (AvgIpc) is 2.83. The highest BCUT2D eigenvalue weighted by Gasteiger charge is 2.22. The predicted octanol–water partition coefficient (Wildman–Crippen LogP) is 1.44. The number of hydrogen-bond donors (Lipinski definition) is 1. The molecule has 1 aliphatic carbocycles. The Bertz CT molecular complexity index is 293. The summed E-state index contributed by atoms with van der Waals surface area (Å²) in [7, 11) is 2.17. The maximum Gasteiger partial charge on any atom is 0.106 e. The van der Waals surface area contributed by atoms with Crippen molar-refractivity contribution >= 4 is 11.3 Å². The first-order valence-electron chi connectivity index (χ1n) is 5.10. The Morgan fingerprint density at radius 1 is 1.64 bits per heavy atom. The molecular formula is C10H17N3S. The van der Waals surface area contributed by atoms with Gasteiger partial charge in [-0.15, -0.1) is 11.3 Å². The van der Waals surface area contributed by atoms with Gasteiger partial charge in [-0.2, -0.15) is 0 Å². The third-order valence-corrected chi connectivity index (χ3v) is 3.39. The van der Waals surface area contributed by atoms with Gasteiger partial charge in [0.15, 0.2) is 0 Å². The third-order valence-electron chi connectivity index (χ3n) is 2.47. The van der Waals surface area contributed by atoms with E-state index in [0.717, 1.165) is 17.5 Å². The van der Waals surface area contributed by atoms with E-state index in [9.17, 15) is 0 Å². The average molecular weight is 211 g/mol. The second kappa shape index (κ2) is 4.38. The van der Waals surface area contributed by atoms with Crippen LogP contribution in [0.25, 0.3) is 0 Å². The van der Waals surface area contributed by atoms with Crippen molar-refractivity contribution in [2.24, 2.45) is 11.7 Å². The number of nitrogens with zero attached hydrogens (tertiary/aromatic N) is 2. The molecule has 78 valence electrons. The second-order valence-electron chi connectivity index (χ2n) is 4.08. The molecule has 0 amide bonds. The van der Waals surface area contributed by atoms with Crippen molar-refractivity contribution in [3.05, 3.63) is 16.1 Å². The van der Waals surface area contributed by atoms with Gasteiger partial charge in [-0.25, -0.2) is 4.98 Å². The molecule has 2 N–H and O–H groups in total. The normalized spacial score (nSPS) is 16.5. The molecule has 1 aromatic rings. The summed E-state index contributed by atoms with van der Waals surface area (Å²) in [6.45, 7) is 2.75. The van der Waals surface area contributed by atoms with Gasteiger partial charge in [-0.05, 0) is 25.8 Å². The highest BCUT2D eigenvalue weighted by Crippen LogP contribution is 2.29. The van der Waals surface area contributed by atoms with Crippen LogP contribution in [0.2, 0.25) is 0 Å². The van der Waals surface area contributed by atoms with Gasteiger partial charge in [0, 0.05) is 25.0 Å². The topological polar surface area (TPSA) is 42.1 Å². The minimum absolute atomic E-state index is 0.566. The predicted molar refractivity (Wildman–Crippen MR) is 59.1 cm³/mol. The van der Waals surface area contributed by atoms with Crippen LogP contribution in [0.5, 0.6) is 0 Å². The van der Waals surface area contributed by atoms with Crippen LogP contribution in [0.1, 0.15) is 23.5 Å². The Morgan fingerprint density at radius 2 is 2.43 bits per heavy atom. The zero-order valence-corrected chi connectivity index (χ0v) is 9.39. The number of aromatic nitrogens is 1. The monoisotopic (exact) mass is 211 g/mol. The molecule has 1 heterocycles. The summed E-state index contributed by atoms with van der Waals surface area (Å²) in [6.07, 6.45) is 2.82. The van der Waals surface area contributed by atoms with Crippen LogP contribution in [-0.2, 0) is 13.1 Å². The first-order valence-corrected chi connectivity index (χ1v) is 5.98. The molecule has 2 rings (SSSR count). The van der Waals surface area contributed by atoms with Crippen LogP contribution in [0.4, 0.5) is 0 Å². The van der Waals surface area contributed by atoms with Crippen molar-refractivity contribution in [2.75, 3.05) is 13.6 Å². The first kappa shape index (κ1) is 10.1. The molecular weight excluding hydrogens is 194 g/mol. The molecule has 0 aliphatic heterocycles. The SMILES string of the molecule is CN(Cc1csc(CN)n1)CC1CC1. The third kappa shape index (κ3) is 2.77. The van der Waals surface area contributed by atoms with Gasteiger partial charge in [0.05, 0.1) is 5.69 Å². The summed E-state index contributed by atoms with van der Waals surface area (Å²) in [4.78, 5) is 6.80. The molecule has 1 fully saturated rings. The molecule has 0 saturated heterocycles. The van der Waals surface area contributed by atoms with Gasteiger partial charge in [0.1, 0.15) is 5.01 Å². The van der Waals surface area contributed by atoms with E-state index in [2.05, 4.69) is 22.3 Å². The Labute approximate surface area is 88.9 Å². The van der Waals surface area contributed by atoms with Gasteiger partial charge in [-0.3, -0.25) is 0 Å². The van der Waals surface area contributed by atoms with Gasteiger partial charge >= 0.3 is 0 Å². The molecule has 0 radical (unpaired) electrons. The van der Waals surface area contributed by atoms with Gasteiger partial charge in [0.25, 0.3) is 0 Å². The summed E-state index contributed by atoms with van der Waals surface area (Å²) in [6, 6.07) is 0. The Balaban J connectivity index is 1.82. The lowest BCUT2D eigenvalue weighted by Crippen LogP contribution is -2.20. The Hall–Kier alpha value is -0.450. The molecule has 1 aromatic heterocycles. The van der Waals surface area contributed by atoms with E-state index in [1.54, 1.807) is 11.3 Å². The summed E-state index contributed by atoms with van der Waals surface area (Å²) in [5.41, 5.74) is 6.68. The van der Waals surface area contributed by atoms with Crippen LogP contribution in [0, 0.1) is 5.92 Å². The van der Waals surface area contributed by atoms with E-state index in [0.29, 0.717) is 6.54 Å². The fraction of sp³-hybridized carbons (Fsp3) is 0.700. The van der Waals surface area contributed by atoms with E-state index in [1.807, 2.05) is 0 Å². The number of hydrogen-bond acceptors (Lipinski definition) is 4. The maximum absolute atomic E-state index is 5.52. The highest BCUT2D eigenvalue weighted by molar-refractivity contribution is 7.09. The maximum atomic E-state index is 5.52. The largest absolute Gasteiger partial charge is 0.325 e. The molecule has 0 unspecified atom stereocenters. The van der Waals surface area contributed by atoms with E-state index in [1.165, 1.54) is 25.1 Å². The van der Waals surface area contributed by atoms with Crippen molar-refractivity contribution in [1.29, 1.82) is 0 Å². The van der Waals surface area contributed by atoms with Crippen LogP contribution in [0.15, 0.2) is 5.38 Å². The highest BCUT2D eigenvalue weighted by atomic mass is 32.1. The molecule has 3 nitrogen and oxygen atoms in total. The molecule has 0 bridgehead atoms. The molecule has 0 spiro atoms. The molecule has 0 atom stereocenters. The van der Waals surface area contributed by atoms with Crippen molar-refractivity contribution in [2.45, 2.75) is 25.9 Å². The minimum atomic E-state index is 0.566. The number of rotatable bonds is 5. The van der Waals surface area contributed by atoms with Crippen LogP contribution in [0.3, 0.4) is 0 Å². The van der Waals surface area contributed by atoms with Crippen molar-refractivity contribution in [3.8, 4) is 0 Å². The molecule has 14 heavy (non-hydrogen) atoms. The molecule has 4 heteroatoms. The molecule has 1 saturated carbocycles. The summed E-state index contributed by atoms with van der Waals surface area (Å²) in [5, 5.41) is 3.16. The van der Waals surface area contributed by atoms with Crippen molar-refractivity contribution in [1.82, 2.24) is 9.88 Å². The van der Waals surface area contributed by atoms with E-state index in [-0.39, 0.29) is 0 Å². The van der Waals surface area contributed by atoms with E-state index < -0.39 is 0 Å². The van der Waals surface area contributed by atoms with E-state index in [4.69, 9.17) is 5.73 Å². The minimum Gasteiger partial charge on any atom is -0.325 e. The lowest BCUT2D eigenvalue weighted by Gasteiger charge is -2.13. The smallest absolute Gasteiger partial charge is 0.106 e. The van der Waals surface area contributed by atoms with Crippen LogP contribution >= 0.6 is 11.3 Å². The lowest BCUT2D eigenvalue weighted by atomic mass is 10.3. The zero-order valence-electron chi connectivity index (χ0n) is 8.57. The summed E-state index contributed by atoms with van der Waals surface area (Å²) in [5.74, 6) is 0.951. The quantitative estimate of drug-likeness (QED) is 0.801. The molecule has 0 aromatic carbocycles. The Kier molecular flexibility index (Phi) is 3.15. The van der Waals surface area contributed by atoms with Crippen molar-refractivity contribution < 1.29 is 0 Å². The van der Waals surface area contributed by atoms with Gasteiger partial charge in [-0.1, -0.05) is 0 Å². The fourth-order valence-electron chi connectivity index (χ4n) is 1.60. The summed E-state index contributed by atoms with van der Waals surface area (Å²) >= 11 is 1.66. The van der Waals surface area contributed by atoms with Crippen molar-refractivity contribution in [3.63, 3.8) is 0 Å². The Morgan fingerprint density at radius 3 is 3.00 bits per heavy atom. The lowest BCUT2D eigenvalue weighted by molar-refractivity contribution is 0.310. The van der Waals surface area contributed by atoms with Gasteiger partial charge < -0.3 is 10.6 Å². The van der Waals surface area contributed by atoms with E-state index >= 15 is 0 Å². The standard InChI is InChI=1S/C10H17N3S/c1-13(5-8-2-3-8)6-9-7-14-10(4-11)12-9/h7-8H,2-6,11H2,1H3. The number of thiazole rings is 1. The number of nitrogens with two attached hydrogens (primary N) is 1. The zero-order chi connectivity index (χ0) is 9.97. The van der Waals surface area contributed by atoms with Gasteiger partial charge in [0.2, 0.25) is 0 Å².